The molecule has 3 aromatic rings. The van der Waals surface area contributed by atoms with Gasteiger partial charge in [-0.15, -0.1) is 0 Å². The maximum Gasteiger partial charge on any atom is 0.420 e. The number of nitrogen functional groups attached to an aromatic ring is 1. The van der Waals surface area contributed by atoms with Gasteiger partial charge in [0, 0.05) is 49.6 Å². The zero-order chi connectivity index (χ0) is 46.1. The quantitative estimate of drug-likeness (QED) is 0.0775. The zero-order valence-electron chi connectivity index (χ0n) is 33.4. The highest BCUT2D eigenvalue weighted by Crippen LogP contribution is 2.39. The first kappa shape index (κ1) is 51.4. The molecule has 3 aliphatic rings. The number of ether oxygens (including phenoxy) is 2. The third-order valence-corrected chi connectivity index (χ3v) is 9.60. The van der Waals surface area contributed by atoms with Gasteiger partial charge >= 0.3 is 18.5 Å². The first-order chi connectivity index (χ1) is 29.1. The van der Waals surface area contributed by atoms with Crippen LogP contribution in [0.15, 0.2) is 54.6 Å². The van der Waals surface area contributed by atoms with Crippen molar-refractivity contribution < 1.29 is 68.3 Å². The van der Waals surface area contributed by atoms with E-state index in [1.165, 1.54) is 38.1 Å². The molecule has 0 unspecified atom stereocenters. The van der Waals surface area contributed by atoms with Crippen molar-refractivity contribution in [3.8, 4) is 11.5 Å². The summed E-state index contributed by atoms with van der Waals surface area (Å²) in [6.45, 7) is 9.02. The first-order valence-corrected chi connectivity index (χ1v) is 19.5. The lowest BCUT2D eigenvalue weighted by Crippen LogP contribution is -2.25. The molecule has 3 aliphatic heterocycles. The van der Waals surface area contributed by atoms with Crippen molar-refractivity contribution in [3.63, 3.8) is 0 Å². The Morgan fingerprint density at radius 1 is 0.565 bits per heavy atom. The molecule has 0 radical (unpaired) electrons. The third-order valence-electron chi connectivity index (χ3n) is 9.60. The maximum absolute atomic E-state index is 12.9. The Hall–Kier alpha value is -5.00. The van der Waals surface area contributed by atoms with E-state index in [0.29, 0.717) is 37.9 Å². The lowest BCUT2D eigenvalue weighted by molar-refractivity contribution is -0.385. The molecule has 62 heavy (non-hydrogen) atoms. The van der Waals surface area contributed by atoms with E-state index in [4.69, 9.17) is 20.3 Å². The molecule has 3 fully saturated rings. The molecule has 0 bridgehead atoms. The van der Waals surface area contributed by atoms with Crippen LogP contribution in [0.4, 0.5) is 61.0 Å². The van der Waals surface area contributed by atoms with Crippen LogP contribution in [-0.2, 0) is 18.5 Å². The number of aliphatic hydroxyl groups is 1. The number of nitrogens with zero attached hydrogens (tertiary/aromatic N) is 5. The normalized spacial score (nSPS) is 16.0. The average Bonchev–Trinajstić information content (AvgIpc) is 4.01. The number of hydrogen-bond acceptors (Lipinski definition) is 11. The highest BCUT2D eigenvalue weighted by Gasteiger charge is 2.37. The predicted molar refractivity (Wildman–Crippen MR) is 207 cm³/mol. The summed E-state index contributed by atoms with van der Waals surface area (Å²) in [5.74, 6) is -2.05. The summed E-state index contributed by atoms with van der Waals surface area (Å²) in [6.07, 6.45) is -6.94. The Kier molecular flexibility index (Phi) is 19.9. The molecule has 3 aromatic carbocycles. The van der Waals surface area contributed by atoms with Crippen molar-refractivity contribution in [2.24, 2.45) is 0 Å². The number of nitro groups is 2. The summed E-state index contributed by atoms with van der Waals surface area (Å²) in [5.41, 5.74) is 0.519. The highest BCUT2D eigenvalue weighted by molar-refractivity contribution is 5.49. The lowest BCUT2D eigenvalue weighted by atomic mass is 10.1. The van der Waals surface area contributed by atoms with Crippen LogP contribution < -0.4 is 15.2 Å². The minimum Gasteiger partial charge on any atom is -0.492 e. The highest BCUT2D eigenvalue weighted by atomic mass is 19.4. The topological polar surface area (TPSA) is 161 Å². The number of halogens is 10. The first-order valence-electron chi connectivity index (χ1n) is 19.5. The summed E-state index contributed by atoms with van der Waals surface area (Å²) in [5, 5.41) is 29.2. The summed E-state index contributed by atoms with van der Waals surface area (Å²) in [6, 6.07) is 7.38. The van der Waals surface area contributed by atoms with Gasteiger partial charge in [-0.2, -0.15) is 39.5 Å². The number of likely N-dealkylation sites (tertiary alicyclic amines) is 3. The van der Waals surface area contributed by atoms with E-state index in [-0.39, 0.29) is 36.5 Å². The lowest BCUT2D eigenvalue weighted by Gasteiger charge is -2.17. The van der Waals surface area contributed by atoms with Gasteiger partial charge in [-0.3, -0.25) is 30.0 Å². The van der Waals surface area contributed by atoms with Gasteiger partial charge in [0.2, 0.25) is 0 Å². The molecule has 346 valence electrons. The Morgan fingerprint density at radius 3 is 1.31 bits per heavy atom. The number of rotatable bonds is 12. The fourth-order valence-electron chi connectivity index (χ4n) is 6.45. The largest absolute Gasteiger partial charge is 0.492 e. The summed E-state index contributed by atoms with van der Waals surface area (Å²) >= 11 is 0. The van der Waals surface area contributed by atoms with Crippen molar-refractivity contribution in [2.45, 2.75) is 57.1 Å². The molecule has 0 aromatic heterocycles. The number of non-ortho nitro benzene ring substituents is 2. The molecule has 3 heterocycles. The molecule has 0 saturated carbocycles. The van der Waals surface area contributed by atoms with Crippen LogP contribution in [-0.4, -0.2) is 108 Å². The van der Waals surface area contributed by atoms with Crippen molar-refractivity contribution in [1.29, 1.82) is 0 Å². The van der Waals surface area contributed by atoms with Gasteiger partial charge in [0.1, 0.15) is 36.1 Å². The van der Waals surface area contributed by atoms with Gasteiger partial charge < -0.3 is 25.2 Å². The van der Waals surface area contributed by atoms with Crippen LogP contribution in [0.3, 0.4) is 0 Å². The molecular formula is C39H48F10N6O7. The van der Waals surface area contributed by atoms with Gasteiger partial charge in [0.15, 0.2) is 0 Å². The minimum absolute atomic E-state index is 0.0826. The van der Waals surface area contributed by atoms with Gasteiger partial charge in [-0.1, -0.05) is 0 Å². The van der Waals surface area contributed by atoms with E-state index in [9.17, 15) is 64.1 Å². The van der Waals surface area contributed by atoms with Crippen molar-refractivity contribution >= 4 is 17.1 Å². The van der Waals surface area contributed by atoms with Crippen LogP contribution >= 0.6 is 0 Å². The van der Waals surface area contributed by atoms with E-state index in [0.717, 1.165) is 76.6 Å². The summed E-state index contributed by atoms with van der Waals surface area (Å²) in [4.78, 5) is 25.4. The Morgan fingerprint density at radius 2 is 0.919 bits per heavy atom. The molecule has 6 rings (SSSR count). The Balaban J connectivity index is 0.000000231. The Bertz CT molecular complexity index is 1870. The SMILES string of the molecule is Nc1ccc(OCCN2CCCC2)c(C(F)(F)F)c1.O=[N+]([O-])c1ccc(F)c(C(F)(F)F)c1.O=[N+]([O-])c1ccc(OCCN2CCCC2)c(C(F)(F)F)c1.OCCN1CCCC1. The molecule has 3 saturated heterocycles. The number of benzene rings is 3. The molecular weight excluding hydrogens is 854 g/mol. The maximum atomic E-state index is 12.9. The molecule has 0 atom stereocenters. The second-order valence-electron chi connectivity index (χ2n) is 14.2. The summed E-state index contributed by atoms with van der Waals surface area (Å²) < 4.78 is 136. The van der Waals surface area contributed by atoms with Crippen LogP contribution in [0.25, 0.3) is 0 Å². The standard InChI is InChI=1S/C13H15F3N2O3.C13H17F3N2O.C7H3F4NO2.C6H13NO/c14-13(15,16)11-9-10(18(19)20)3-4-12(11)21-8-7-17-5-1-2-6-17;14-13(15,16)11-9-10(17)3-4-12(11)19-8-7-18-5-1-2-6-18;8-6-2-1-4(12(13)14)3-5(6)7(9,10)11;8-6-5-7-3-1-2-4-7/h3-4,9H,1-2,5-8H2;3-4,9H,1-2,5-8,17H2;1-3H;8H,1-6H2. The number of nitrogens with two attached hydrogens (primary N) is 1. The third kappa shape index (κ3) is 17.4. The molecule has 13 nitrogen and oxygen atoms in total. The van der Waals surface area contributed by atoms with Crippen molar-refractivity contribution in [1.82, 2.24) is 14.7 Å². The fourth-order valence-corrected chi connectivity index (χ4v) is 6.45. The molecule has 0 amide bonds. The predicted octanol–water partition coefficient (Wildman–Crippen LogP) is 8.68. The number of β-amino-alcohol motifs (C(OH)–C–C–N with tert-alkyl or cyclic N) is 1. The molecule has 0 aliphatic carbocycles. The summed E-state index contributed by atoms with van der Waals surface area (Å²) in [7, 11) is 0. The fraction of sp³-hybridized carbons (Fsp3) is 0.538. The molecule has 0 spiro atoms. The van der Waals surface area contributed by atoms with Crippen molar-refractivity contribution in [2.75, 3.05) is 84.5 Å². The number of nitro benzene ring substituents is 2. The van der Waals surface area contributed by atoms with Gasteiger partial charge in [-0.05, 0) is 108 Å². The molecule has 23 heteroatoms. The zero-order valence-corrected chi connectivity index (χ0v) is 33.4. The number of hydrogen-bond donors (Lipinski definition) is 2. The minimum atomic E-state index is -4.92. The second-order valence-corrected chi connectivity index (χ2v) is 14.2. The van der Waals surface area contributed by atoms with Gasteiger partial charge in [0.05, 0.1) is 27.6 Å². The van der Waals surface area contributed by atoms with E-state index >= 15 is 0 Å². The second kappa shape index (κ2) is 24.0. The monoisotopic (exact) mass is 902 g/mol. The number of aliphatic hydroxyl groups excluding tert-OH is 1. The van der Waals surface area contributed by atoms with E-state index < -0.39 is 62.3 Å². The average molecular weight is 903 g/mol. The smallest absolute Gasteiger partial charge is 0.420 e. The van der Waals surface area contributed by atoms with Crippen LogP contribution in [0, 0.1) is 26.0 Å². The van der Waals surface area contributed by atoms with Crippen LogP contribution in [0.5, 0.6) is 11.5 Å². The molecule has 3 N–H and O–H groups in total. The van der Waals surface area contributed by atoms with Crippen LogP contribution in [0.2, 0.25) is 0 Å². The number of alkyl halides is 9. The van der Waals surface area contributed by atoms with E-state index in [1.807, 2.05) is 0 Å². The number of anilines is 1. The van der Waals surface area contributed by atoms with E-state index in [1.54, 1.807) is 0 Å². The Labute approximate surface area is 350 Å². The van der Waals surface area contributed by atoms with Gasteiger partial charge in [0.25, 0.3) is 11.4 Å². The van der Waals surface area contributed by atoms with E-state index in [2.05, 4.69) is 14.7 Å². The van der Waals surface area contributed by atoms with Crippen molar-refractivity contribution in [3.05, 3.63) is 97.3 Å². The van der Waals surface area contributed by atoms with Gasteiger partial charge in [-0.25, -0.2) is 4.39 Å². The van der Waals surface area contributed by atoms with Crippen LogP contribution in [0.1, 0.15) is 55.2 Å².